The average molecular weight is 375 g/mol. The highest BCUT2D eigenvalue weighted by atomic mass is 35.5. The third kappa shape index (κ3) is 3.21. The van der Waals surface area contributed by atoms with E-state index in [2.05, 4.69) is 9.72 Å². The van der Waals surface area contributed by atoms with E-state index >= 15 is 0 Å². The molecule has 1 aromatic heterocycles. The van der Waals surface area contributed by atoms with Crippen molar-refractivity contribution < 1.29 is 27.4 Å². The van der Waals surface area contributed by atoms with Gasteiger partial charge in [0, 0.05) is 16.1 Å². The molecule has 0 radical (unpaired) electrons. The maximum atomic E-state index is 14.7. The molecular weight excluding hydrogens is 361 g/mol. The Labute approximate surface area is 146 Å². The number of alkyl halides is 1. The van der Waals surface area contributed by atoms with Gasteiger partial charge in [-0.25, -0.2) is 22.9 Å². The van der Waals surface area contributed by atoms with E-state index in [1.165, 1.54) is 6.07 Å². The van der Waals surface area contributed by atoms with Crippen LogP contribution in [0.15, 0.2) is 12.1 Å². The molecular formula is C16H14ClF3N2O3. The number of benzene rings is 1. The summed E-state index contributed by atoms with van der Waals surface area (Å²) in [4.78, 5) is 15.6. The lowest BCUT2D eigenvalue weighted by atomic mass is 10.0. The lowest BCUT2D eigenvalue weighted by molar-refractivity contribution is 0.0590. The molecule has 1 heterocycles. The molecule has 25 heavy (non-hydrogen) atoms. The standard InChI is InChI=1S/C16H14ClF3N2O3/c1-6(18)9-8(17)5-4-7(10(9)19)13-11(20)12(21)15(24-2)14(22-13)16(23)25-3/h4-6H,1-3H3,(H2,21,22). The first-order chi connectivity index (χ1) is 11.7. The molecule has 0 aliphatic rings. The quantitative estimate of drug-likeness (QED) is 0.816. The number of aromatic nitrogens is 1. The Kier molecular flexibility index (Phi) is 5.42. The summed E-state index contributed by atoms with van der Waals surface area (Å²) in [6, 6.07) is 2.31. The van der Waals surface area contributed by atoms with E-state index in [-0.39, 0.29) is 10.8 Å². The van der Waals surface area contributed by atoms with Gasteiger partial charge >= 0.3 is 5.97 Å². The average Bonchev–Trinajstić information content (AvgIpc) is 2.56. The molecule has 2 rings (SSSR count). The fourth-order valence-electron chi connectivity index (χ4n) is 2.30. The number of anilines is 1. The van der Waals surface area contributed by atoms with Crippen LogP contribution in [-0.2, 0) is 4.74 Å². The van der Waals surface area contributed by atoms with Crippen LogP contribution in [0.4, 0.5) is 18.9 Å². The van der Waals surface area contributed by atoms with E-state index in [0.717, 1.165) is 27.2 Å². The van der Waals surface area contributed by atoms with E-state index in [1.54, 1.807) is 0 Å². The van der Waals surface area contributed by atoms with E-state index in [4.69, 9.17) is 22.1 Å². The van der Waals surface area contributed by atoms with Gasteiger partial charge in [-0.15, -0.1) is 0 Å². The van der Waals surface area contributed by atoms with Crippen LogP contribution >= 0.6 is 11.6 Å². The molecule has 0 fully saturated rings. The molecule has 0 aliphatic carbocycles. The highest BCUT2D eigenvalue weighted by Gasteiger charge is 2.27. The second-order valence-corrected chi connectivity index (χ2v) is 5.41. The number of carbonyl (C=O) groups is 1. The number of carbonyl (C=O) groups excluding carboxylic acids is 1. The summed E-state index contributed by atoms with van der Waals surface area (Å²) in [5.41, 5.74) is 3.19. The number of halogens is 4. The number of methoxy groups -OCH3 is 2. The summed E-state index contributed by atoms with van der Waals surface area (Å²) in [6.07, 6.45) is -1.74. The fraction of sp³-hybridized carbons (Fsp3) is 0.250. The number of pyridine rings is 1. The van der Waals surface area contributed by atoms with Gasteiger partial charge in [0.2, 0.25) is 0 Å². The second kappa shape index (κ2) is 7.18. The van der Waals surface area contributed by atoms with Crippen LogP contribution in [-0.4, -0.2) is 25.2 Å². The highest BCUT2D eigenvalue weighted by Crippen LogP contribution is 2.38. The summed E-state index contributed by atoms with van der Waals surface area (Å²) >= 11 is 5.79. The maximum absolute atomic E-state index is 14.7. The summed E-state index contributed by atoms with van der Waals surface area (Å²) < 4.78 is 52.3. The maximum Gasteiger partial charge on any atom is 0.360 e. The minimum atomic E-state index is -1.74. The first-order valence-electron chi connectivity index (χ1n) is 6.98. The molecule has 0 aliphatic heterocycles. The van der Waals surface area contributed by atoms with Crippen LogP contribution in [0.2, 0.25) is 5.02 Å². The molecule has 0 bridgehead atoms. The van der Waals surface area contributed by atoms with Gasteiger partial charge in [0.15, 0.2) is 17.3 Å². The van der Waals surface area contributed by atoms with Crippen molar-refractivity contribution in [3.05, 3.63) is 40.0 Å². The number of esters is 1. The Morgan fingerprint density at radius 3 is 2.44 bits per heavy atom. The Morgan fingerprint density at radius 2 is 1.92 bits per heavy atom. The first kappa shape index (κ1) is 18.9. The molecule has 2 aromatic rings. The minimum Gasteiger partial charge on any atom is -0.492 e. The molecule has 1 unspecified atom stereocenters. The number of ether oxygens (including phenoxy) is 2. The van der Waals surface area contributed by atoms with Crippen molar-refractivity contribution >= 4 is 23.3 Å². The van der Waals surface area contributed by atoms with Crippen molar-refractivity contribution in [1.29, 1.82) is 0 Å². The van der Waals surface area contributed by atoms with Crippen LogP contribution in [0.25, 0.3) is 11.3 Å². The lowest BCUT2D eigenvalue weighted by Crippen LogP contribution is -2.12. The van der Waals surface area contributed by atoms with Crippen LogP contribution in [0.5, 0.6) is 5.75 Å². The zero-order valence-corrected chi connectivity index (χ0v) is 14.2. The Morgan fingerprint density at radius 1 is 1.28 bits per heavy atom. The number of hydrogen-bond donors (Lipinski definition) is 1. The van der Waals surface area contributed by atoms with Crippen molar-refractivity contribution in [1.82, 2.24) is 4.98 Å². The number of nitrogens with zero attached hydrogens (tertiary/aromatic N) is 1. The van der Waals surface area contributed by atoms with Crippen LogP contribution in [0.3, 0.4) is 0 Å². The Bertz CT molecular complexity index is 844. The molecule has 5 nitrogen and oxygen atoms in total. The van der Waals surface area contributed by atoms with Gasteiger partial charge in [-0.2, -0.15) is 0 Å². The van der Waals surface area contributed by atoms with Crippen molar-refractivity contribution in [2.24, 2.45) is 0 Å². The summed E-state index contributed by atoms with van der Waals surface area (Å²) in [5.74, 6) is -3.53. The molecule has 9 heteroatoms. The molecule has 0 saturated heterocycles. The molecule has 134 valence electrons. The van der Waals surface area contributed by atoms with Gasteiger partial charge in [-0.05, 0) is 19.1 Å². The van der Waals surface area contributed by atoms with Gasteiger partial charge in [-0.1, -0.05) is 11.6 Å². The first-order valence-corrected chi connectivity index (χ1v) is 7.35. The molecule has 0 spiro atoms. The van der Waals surface area contributed by atoms with E-state index in [0.29, 0.717) is 0 Å². The largest absolute Gasteiger partial charge is 0.492 e. The van der Waals surface area contributed by atoms with E-state index in [9.17, 15) is 18.0 Å². The minimum absolute atomic E-state index is 0.161. The number of rotatable bonds is 4. The third-order valence-corrected chi connectivity index (χ3v) is 3.82. The normalized spacial score (nSPS) is 12.0. The zero-order chi connectivity index (χ0) is 18.9. The van der Waals surface area contributed by atoms with Crippen LogP contribution < -0.4 is 10.5 Å². The summed E-state index contributed by atoms with van der Waals surface area (Å²) in [6.45, 7) is 1.08. The Hall–Kier alpha value is -2.48. The van der Waals surface area contributed by atoms with Crippen molar-refractivity contribution in [2.45, 2.75) is 13.1 Å². The Balaban J connectivity index is 2.83. The number of nitrogens with two attached hydrogens (primary N) is 1. The molecule has 1 atom stereocenters. The second-order valence-electron chi connectivity index (χ2n) is 5.00. The van der Waals surface area contributed by atoms with Gasteiger partial charge < -0.3 is 15.2 Å². The fourth-order valence-corrected chi connectivity index (χ4v) is 2.60. The summed E-state index contributed by atoms with van der Waals surface area (Å²) in [7, 11) is 2.24. The molecule has 2 N–H and O–H groups in total. The predicted octanol–water partition coefficient (Wildman–Crippen LogP) is 4.09. The van der Waals surface area contributed by atoms with E-state index in [1.807, 2.05) is 0 Å². The van der Waals surface area contributed by atoms with Gasteiger partial charge in [0.1, 0.15) is 23.4 Å². The topological polar surface area (TPSA) is 74.4 Å². The molecule has 0 amide bonds. The van der Waals surface area contributed by atoms with Crippen molar-refractivity contribution in [2.75, 3.05) is 20.0 Å². The zero-order valence-electron chi connectivity index (χ0n) is 13.5. The molecule has 1 aromatic carbocycles. The highest BCUT2D eigenvalue weighted by molar-refractivity contribution is 6.31. The predicted molar refractivity (Wildman–Crippen MR) is 86.4 cm³/mol. The third-order valence-electron chi connectivity index (χ3n) is 3.49. The van der Waals surface area contributed by atoms with E-state index < -0.39 is 52.0 Å². The molecule has 0 saturated carbocycles. The number of nitrogen functional groups attached to an aromatic ring is 1. The van der Waals surface area contributed by atoms with Crippen molar-refractivity contribution in [3.63, 3.8) is 0 Å². The SMILES string of the molecule is COC(=O)c1nc(-c2ccc(Cl)c(C(C)F)c2F)c(F)c(N)c1OC. The monoisotopic (exact) mass is 374 g/mol. The van der Waals surface area contributed by atoms with Crippen molar-refractivity contribution in [3.8, 4) is 17.0 Å². The smallest absolute Gasteiger partial charge is 0.360 e. The number of hydrogen-bond acceptors (Lipinski definition) is 5. The van der Waals surface area contributed by atoms with Gasteiger partial charge in [0.25, 0.3) is 0 Å². The summed E-state index contributed by atoms with van der Waals surface area (Å²) in [5, 5.41) is -0.161. The van der Waals surface area contributed by atoms with Gasteiger partial charge in [-0.3, -0.25) is 0 Å². The van der Waals surface area contributed by atoms with Crippen LogP contribution in [0, 0.1) is 11.6 Å². The lowest BCUT2D eigenvalue weighted by Gasteiger charge is -2.15. The van der Waals surface area contributed by atoms with Gasteiger partial charge in [0.05, 0.1) is 14.2 Å². The van der Waals surface area contributed by atoms with Crippen LogP contribution in [0.1, 0.15) is 29.1 Å².